The van der Waals surface area contributed by atoms with Crippen molar-refractivity contribution in [2.75, 3.05) is 33.0 Å². The Balaban J connectivity index is 1.73. The van der Waals surface area contributed by atoms with E-state index in [1.807, 2.05) is 12.1 Å². The van der Waals surface area contributed by atoms with Crippen LogP contribution in [0.4, 0.5) is 5.82 Å². The molecule has 126 valence electrons. The number of anilines is 1. The zero-order chi connectivity index (χ0) is 16.7. The van der Waals surface area contributed by atoms with E-state index in [2.05, 4.69) is 42.2 Å². The molecule has 1 heterocycles. The normalized spacial score (nSPS) is 21.3. The van der Waals surface area contributed by atoms with Crippen LogP contribution in [0, 0.1) is 0 Å². The van der Waals surface area contributed by atoms with E-state index in [1.165, 1.54) is 36.0 Å². The summed E-state index contributed by atoms with van der Waals surface area (Å²) in [5.41, 5.74) is 11.0. The lowest BCUT2D eigenvalue weighted by molar-refractivity contribution is 0.258. The highest BCUT2D eigenvalue weighted by molar-refractivity contribution is 5.72. The van der Waals surface area contributed by atoms with Gasteiger partial charge in [-0.05, 0) is 75.0 Å². The average molecular weight is 323 g/mol. The number of rotatable bonds is 5. The zero-order valence-corrected chi connectivity index (χ0v) is 14.5. The molecule has 1 aromatic heterocycles. The van der Waals surface area contributed by atoms with Gasteiger partial charge in [0.1, 0.15) is 18.2 Å². The van der Waals surface area contributed by atoms with Gasteiger partial charge in [-0.1, -0.05) is 6.07 Å². The van der Waals surface area contributed by atoms with Crippen molar-refractivity contribution in [3.05, 3.63) is 41.5 Å². The van der Waals surface area contributed by atoms with Gasteiger partial charge >= 0.3 is 0 Å². The standard InChI is InChI=1S/C20H25N3O/c1-23(2)10-11-24-17-9-8-15(16-4-3-5-18(21)22-16)19-13-6-7-14(12-13)20(17)19/h3-5,8-9,13-14H,6-7,10-12H2,1-2H3,(H2,21,22)/t13-,14+/m1/s1. The zero-order valence-electron chi connectivity index (χ0n) is 14.5. The van der Waals surface area contributed by atoms with Gasteiger partial charge in [0.15, 0.2) is 0 Å². The Labute approximate surface area is 143 Å². The number of hydrogen-bond acceptors (Lipinski definition) is 4. The third-order valence-electron chi connectivity index (χ3n) is 5.34. The van der Waals surface area contributed by atoms with E-state index in [-0.39, 0.29) is 0 Å². The molecule has 2 aliphatic carbocycles. The summed E-state index contributed by atoms with van der Waals surface area (Å²) in [4.78, 5) is 6.70. The molecule has 4 nitrogen and oxygen atoms in total. The van der Waals surface area contributed by atoms with E-state index >= 15 is 0 Å². The Bertz CT molecular complexity index is 757. The molecule has 1 aromatic carbocycles. The van der Waals surface area contributed by atoms with Crippen molar-refractivity contribution in [1.29, 1.82) is 0 Å². The van der Waals surface area contributed by atoms with Gasteiger partial charge in [0, 0.05) is 17.7 Å². The quantitative estimate of drug-likeness (QED) is 0.913. The molecule has 2 atom stereocenters. The highest BCUT2D eigenvalue weighted by Crippen LogP contribution is 2.58. The van der Waals surface area contributed by atoms with Crippen LogP contribution in [-0.4, -0.2) is 37.1 Å². The molecule has 0 amide bonds. The maximum absolute atomic E-state index is 6.14. The predicted octanol–water partition coefficient (Wildman–Crippen LogP) is 3.64. The maximum Gasteiger partial charge on any atom is 0.124 e. The smallest absolute Gasteiger partial charge is 0.124 e. The molecule has 0 spiro atoms. The lowest BCUT2D eigenvalue weighted by Crippen LogP contribution is -2.20. The molecular formula is C20H25N3O. The van der Waals surface area contributed by atoms with Crippen LogP contribution < -0.4 is 10.5 Å². The van der Waals surface area contributed by atoms with Gasteiger partial charge in [-0.25, -0.2) is 4.98 Å². The minimum atomic E-state index is 0.579. The van der Waals surface area contributed by atoms with Crippen LogP contribution in [0.3, 0.4) is 0 Å². The van der Waals surface area contributed by atoms with E-state index in [9.17, 15) is 0 Å². The summed E-state index contributed by atoms with van der Waals surface area (Å²) >= 11 is 0. The molecule has 2 aliphatic rings. The molecule has 2 aromatic rings. The third-order valence-corrected chi connectivity index (χ3v) is 5.34. The van der Waals surface area contributed by atoms with Crippen molar-refractivity contribution in [3.63, 3.8) is 0 Å². The van der Waals surface area contributed by atoms with Crippen molar-refractivity contribution in [3.8, 4) is 17.0 Å². The Morgan fingerprint density at radius 3 is 2.67 bits per heavy atom. The lowest BCUT2D eigenvalue weighted by Gasteiger charge is -2.23. The third kappa shape index (κ3) is 2.65. The Morgan fingerprint density at radius 2 is 1.92 bits per heavy atom. The summed E-state index contributed by atoms with van der Waals surface area (Å²) in [6.07, 6.45) is 3.84. The molecule has 1 saturated carbocycles. The fraction of sp³-hybridized carbons (Fsp3) is 0.450. The molecule has 1 fully saturated rings. The maximum atomic E-state index is 6.14. The second-order valence-corrected chi connectivity index (χ2v) is 7.24. The summed E-state index contributed by atoms with van der Waals surface area (Å²) in [5.74, 6) is 2.96. The number of likely N-dealkylation sites (N-methyl/N-ethyl adjacent to an activating group) is 1. The van der Waals surface area contributed by atoms with Crippen LogP contribution in [0.25, 0.3) is 11.3 Å². The summed E-state index contributed by atoms with van der Waals surface area (Å²) in [6.45, 7) is 1.66. The number of nitrogens with two attached hydrogens (primary N) is 1. The minimum absolute atomic E-state index is 0.579. The first kappa shape index (κ1) is 15.5. The minimum Gasteiger partial charge on any atom is -0.492 e. The number of ether oxygens (including phenoxy) is 1. The lowest BCUT2D eigenvalue weighted by atomic mass is 9.86. The van der Waals surface area contributed by atoms with Crippen LogP contribution >= 0.6 is 0 Å². The molecule has 0 aliphatic heterocycles. The van der Waals surface area contributed by atoms with Gasteiger partial charge in [-0.15, -0.1) is 0 Å². The molecular weight excluding hydrogens is 298 g/mol. The highest BCUT2D eigenvalue weighted by atomic mass is 16.5. The number of benzene rings is 1. The number of hydrogen-bond donors (Lipinski definition) is 1. The molecule has 4 rings (SSSR count). The summed E-state index contributed by atoms with van der Waals surface area (Å²) in [6, 6.07) is 10.2. The van der Waals surface area contributed by atoms with Crippen molar-refractivity contribution < 1.29 is 4.74 Å². The van der Waals surface area contributed by atoms with E-state index in [0.717, 1.165) is 24.6 Å². The number of aromatic nitrogens is 1. The number of nitrogen functional groups attached to an aromatic ring is 1. The first-order valence-corrected chi connectivity index (χ1v) is 8.80. The molecule has 4 heteroatoms. The number of pyridine rings is 1. The van der Waals surface area contributed by atoms with Crippen LogP contribution in [0.1, 0.15) is 42.2 Å². The molecule has 0 unspecified atom stereocenters. The van der Waals surface area contributed by atoms with Crippen LogP contribution in [-0.2, 0) is 0 Å². The summed E-state index contributed by atoms with van der Waals surface area (Å²) in [5, 5.41) is 0. The monoisotopic (exact) mass is 323 g/mol. The Kier molecular flexibility index (Phi) is 3.93. The van der Waals surface area contributed by atoms with E-state index in [1.54, 1.807) is 0 Å². The molecule has 24 heavy (non-hydrogen) atoms. The van der Waals surface area contributed by atoms with Crippen LogP contribution in [0.2, 0.25) is 0 Å². The molecule has 0 radical (unpaired) electrons. The topological polar surface area (TPSA) is 51.4 Å². The summed E-state index contributed by atoms with van der Waals surface area (Å²) in [7, 11) is 4.15. The van der Waals surface area contributed by atoms with E-state index in [0.29, 0.717) is 17.7 Å². The largest absolute Gasteiger partial charge is 0.492 e. The second-order valence-electron chi connectivity index (χ2n) is 7.24. The van der Waals surface area contributed by atoms with Gasteiger partial charge < -0.3 is 15.4 Å². The van der Waals surface area contributed by atoms with E-state index < -0.39 is 0 Å². The highest BCUT2D eigenvalue weighted by Gasteiger charge is 2.41. The average Bonchev–Trinajstić information content (AvgIpc) is 3.17. The fourth-order valence-corrected chi connectivity index (χ4v) is 4.27. The van der Waals surface area contributed by atoms with Crippen LogP contribution in [0.5, 0.6) is 5.75 Å². The van der Waals surface area contributed by atoms with Gasteiger partial charge in [0.2, 0.25) is 0 Å². The van der Waals surface area contributed by atoms with Crippen molar-refractivity contribution in [2.45, 2.75) is 31.1 Å². The molecule has 0 saturated heterocycles. The van der Waals surface area contributed by atoms with Gasteiger partial charge in [0.05, 0.1) is 5.69 Å². The van der Waals surface area contributed by atoms with Crippen molar-refractivity contribution in [1.82, 2.24) is 9.88 Å². The van der Waals surface area contributed by atoms with E-state index in [4.69, 9.17) is 10.5 Å². The second kappa shape index (κ2) is 6.10. The molecule has 2 N–H and O–H groups in total. The molecule has 2 bridgehead atoms. The van der Waals surface area contributed by atoms with Crippen molar-refractivity contribution >= 4 is 5.82 Å². The predicted molar refractivity (Wildman–Crippen MR) is 97.5 cm³/mol. The number of fused-ring (bicyclic) bond motifs is 5. The van der Waals surface area contributed by atoms with Gasteiger partial charge in [-0.2, -0.15) is 0 Å². The van der Waals surface area contributed by atoms with Crippen LogP contribution in [0.15, 0.2) is 30.3 Å². The van der Waals surface area contributed by atoms with Gasteiger partial charge in [-0.3, -0.25) is 0 Å². The fourth-order valence-electron chi connectivity index (χ4n) is 4.27. The summed E-state index contributed by atoms with van der Waals surface area (Å²) < 4.78 is 6.14. The Morgan fingerprint density at radius 1 is 1.12 bits per heavy atom. The van der Waals surface area contributed by atoms with Gasteiger partial charge in [0.25, 0.3) is 0 Å². The SMILES string of the molecule is CN(C)CCOc1ccc(-c2cccc(N)n2)c2c1[C@H]1CC[C@@H]2C1. The number of nitrogens with zero attached hydrogens (tertiary/aromatic N) is 2. The first-order valence-electron chi connectivity index (χ1n) is 8.80. The first-order chi connectivity index (χ1) is 11.6. The van der Waals surface area contributed by atoms with Crippen molar-refractivity contribution in [2.24, 2.45) is 0 Å². The Hall–Kier alpha value is -2.07.